The lowest BCUT2D eigenvalue weighted by atomic mass is 10.1. The average molecular weight is 469 g/mol. The zero-order chi connectivity index (χ0) is 23.8. The third-order valence-corrected chi connectivity index (χ3v) is 6.08. The number of methoxy groups -OCH3 is 1. The van der Waals surface area contributed by atoms with Crippen molar-refractivity contribution in [1.82, 2.24) is 4.72 Å². The molecule has 0 saturated carbocycles. The number of sulfonamides is 1. The van der Waals surface area contributed by atoms with E-state index >= 15 is 0 Å². The Morgan fingerprint density at radius 3 is 2.30 bits per heavy atom. The van der Waals surface area contributed by atoms with Crippen molar-refractivity contribution >= 4 is 27.6 Å². The molecular weight excluding hydrogens is 444 g/mol. The molecule has 0 radical (unpaired) electrons. The van der Waals surface area contributed by atoms with Gasteiger partial charge in [-0.15, -0.1) is 0 Å². The van der Waals surface area contributed by atoms with Gasteiger partial charge in [0.2, 0.25) is 16.1 Å². The SMILES string of the molecule is COc1cccc(NC(=O)[C@@H](OC(=O)CNS(=O)(=O)c2ccc(C)cc2)c2ccccc2)c1. The van der Waals surface area contributed by atoms with Crippen molar-refractivity contribution in [3.63, 3.8) is 0 Å². The second-order valence-electron chi connectivity index (χ2n) is 7.14. The third kappa shape index (κ3) is 6.64. The van der Waals surface area contributed by atoms with Crippen LogP contribution >= 0.6 is 0 Å². The molecule has 3 rings (SSSR count). The minimum Gasteiger partial charge on any atom is -0.497 e. The van der Waals surface area contributed by atoms with Gasteiger partial charge in [0.1, 0.15) is 12.3 Å². The summed E-state index contributed by atoms with van der Waals surface area (Å²) in [6.45, 7) is 1.20. The number of aryl methyl sites for hydroxylation is 1. The Morgan fingerprint density at radius 1 is 0.939 bits per heavy atom. The number of benzene rings is 3. The largest absolute Gasteiger partial charge is 0.497 e. The van der Waals surface area contributed by atoms with Gasteiger partial charge < -0.3 is 14.8 Å². The molecule has 0 aliphatic carbocycles. The first-order chi connectivity index (χ1) is 15.8. The zero-order valence-corrected chi connectivity index (χ0v) is 19.0. The zero-order valence-electron chi connectivity index (χ0n) is 18.1. The van der Waals surface area contributed by atoms with Gasteiger partial charge in [-0.2, -0.15) is 4.72 Å². The highest BCUT2D eigenvalue weighted by molar-refractivity contribution is 7.89. The van der Waals surface area contributed by atoms with Crippen LogP contribution in [0.15, 0.2) is 83.8 Å². The quantitative estimate of drug-likeness (QED) is 0.467. The Balaban J connectivity index is 1.71. The van der Waals surface area contributed by atoms with Crippen LogP contribution in [-0.4, -0.2) is 33.9 Å². The van der Waals surface area contributed by atoms with E-state index in [4.69, 9.17) is 9.47 Å². The van der Waals surface area contributed by atoms with Gasteiger partial charge in [0, 0.05) is 17.3 Å². The number of carbonyl (C=O) groups excluding carboxylic acids is 2. The molecule has 0 spiro atoms. The predicted molar refractivity (Wildman–Crippen MR) is 123 cm³/mol. The third-order valence-electron chi connectivity index (χ3n) is 4.66. The fourth-order valence-electron chi connectivity index (χ4n) is 2.94. The van der Waals surface area contributed by atoms with E-state index in [0.29, 0.717) is 17.0 Å². The number of nitrogens with one attached hydrogen (secondary N) is 2. The number of carbonyl (C=O) groups is 2. The second-order valence-corrected chi connectivity index (χ2v) is 8.91. The van der Waals surface area contributed by atoms with Gasteiger partial charge >= 0.3 is 5.97 Å². The summed E-state index contributed by atoms with van der Waals surface area (Å²) in [7, 11) is -2.41. The predicted octanol–water partition coefficient (Wildman–Crippen LogP) is 3.21. The summed E-state index contributed by atoms with van der Waals surface area (Å²) in [4.78, 5) is 25.4. The molecule has 0 aliphatic heterocycles. The van der Waals surface area contributed by atoms with E-state index in [2.05, 4.69) is 10.0 Å². The maximum absolute atomic E-state index is 12.9. The summed E-state index contributed by atoms with van der Waals surface area (Å²) >= 11 is 0. The van der Waals surface area contributed by atoms with Gasteiger partial charge in [-0.25, -0.2) is 8.42 Å². The molecule has 0 fully saturated rings. The number of rotatable bonds is 9. The Labute approximate surface area is 192 Å². The summed E-state index contributed by atoms with van der Waals surface area (Å²) in [5.41, 5.74) is 1.80. The molecule has 0 unspecified atom stereocenters. The van der Waals surface area contributed by atoms with Crippen LogP contribution in [-0.2, 0) is 24.3 Å². The van der Waals surface area contributed by atoms with Crippen LogP contribution in [0.3, 0.4) is 0 Å². The molecular formula is C24H24N2O6S. The van der Waals surface area contributed by atoms with Gasteiger partial charge in [0.25, 0.3) is 5.91 Å². The van der Waals surface area contributed by atoms with E-state index in [1.807, 2.05) is 6.92 Å². The number of hydrogen-bond donors (Lipinski definition) is 2. The molecule has 0 aliphatic rings. The maximum Gasteiger partial charge on any atom is 0.322 e. The van der Waals surface area contributed by atoms with Crippen LogP contribution in [0, 0.1) is 6.92 Å². The molecule has 2 N–H and O–H groups in total. The highest BCUT2D eigenvalue weighted by Crippen LogP contribution is 2.22. The first-order valence-electron chi connectivity index (χ1n) is 10.0. The average Bonchev–Trinajstić information content (AvgIpc) is 2.82. The first kappa shape index (κ1) is 24.0. The first-order valence-corrected chi connectivity index (χ1v) is 11.5. The molecule has 0 saturated heterocycles. The van der Waals surface area contributed by atoms with Crippen LogP contribution in [0.2, 0.25) is 0 Å². The summed E-state index contributed by atoms with van der Waals surface area (Å²) in [5, 5.41) is 2.69. The van der Waals surface area contributed by atoms with Gasteiger partial charge in [0.15, 0.2) is 0 Å². The normalized spacial score (nSPS) is 11.9. The fraction of sp³-hybridized carbons (Fsp3) is 0.167. The number of hydrogen-bond acceptors (Lipinski definition) is 6. The van der Waals surface area contributed by atoms with E-state index in [1.165, 1.54) is 19.2 Å². The lowest BCUT2D eigenvalue weighted by molar-refractivity contribution is -0.153. The summed E-state index contributed by atoms with van der Waals surface area (Å²) in [5.74, 6) is -0.948. The lowest BCUT2D eigenvalue weighted by Crippen LogP contribution is -2.33. The smallest absolute Gasteiger partial charge is 0.322 e. The van der Waals surface area contributed by atoms with Gasteiger partial charge in [-0.1, -0.05) is 54.1 Å². The van der Waals surface area contributed by atoms with Crippen molar-refractivity contribution in [2.75, 3.05) is 19.0 Å². The van der Waals surface area contributed by atoms with Crippen molar-refractivity contribution in [2.24, 2.45) is 0 Å². The topological polar surface area (TPSA) is 111 Å². The Hall–Kier alpha value is -3.69. The van der Waals surface area contributed by atoms with E-state index in [9.17, 15) is 18.0 Å². The van der Waals surface area contributed by atoms with Crippen molar-refractivity contribution in [3.8, 4) is 5.75 Å². The number of anilines is 1. The van der Waals surface area contributed by atoms with Crippen LogP contribution in [0.5, 0.6) is 5.75 Å². The Bertz CT molecular complexity index is 1210. The lowest BCUT2D eigenvalue weighted by Gasteiger charge is -2.18. The number of amides is 1. The molecule has 8 nitrogen and oxygen atoms in total. The number of esters is 1. The molecule has 1 atom stereocenters. The molecule has 1 amide bonds. The van der Waals surface area contributed by atoms with E-state index in [0.717, 1.165) is 5.56 Å². The molecule has 9 heteroatoms. The van der Waals surface area contributed by atoms with Gasteiger partial charge in [-0.05, 0) is 31.2 Å². The summed E-state index contributed by atoms with van der Waals surface area (Å²) in [6.07, 6.45) is -1.28. The van der Waals surface area contributed by atoms with Crippen LogP contribution in [0.4, 0.5) is 5.69 Å². The highest BCUT2D eigenvalue weighted by atomic mass is 32.2. The van der Waals surface area contributed by atoms with Crippen LogP contribution in [0.1, 0.15) is 17.2 Å². The molecule has 3 aromatic carbocycles. The van der Waals surface area contributed by atoms with Crippen molar-refractivity contribution in [3.05, 3.63) is 90.0 Å². The van der Waals surface area contributed by atoms with Crippen molar-refractivity contribution in [1.29, 1.82) is 0 Å². The molecule has 0 bridgehead atoms. The Morgan fingerprint density at radius 2 is 1.64 bits per heavy atom. The van der Waals surface area contributed by atoms with Crippen LogP contribution < -0.4 is 14.8 Å². The molecule has 3 aromatic rings. The van der Waals surface area contributed by atoms with Crippen LogP contribution in [0.25, 0.3) is 0 Å². The van der Waals surface area contributed by atoms with Crippen molar-refractivity contribution < 1.29 is 27.5 Å². The second kappa shape index (κ2) is 10.8. The fourth-order valence-corrected chi connectivity index (χ4v) is 3.91. The molecule has 33 heavy (non-hydrogen) atoms. The monoisotopic (exact) mass is 468 g/mol. The number of ether oxygens (including phenoxy) is 2. The highest BCUT2D eigenvalue weighted by Gasteiger charge is 2.26. The Kier molecular flexibility index (Phi) is 7.81. The van der Waals surface area contributed by atoms with E-state index in [-0.39, 0.29) is 4.90 Å². The minimum atomic E-state index is -3.91. The minimum absolute atomic E-state index is 0.0243. The van der Waals surface area contributed by atoms with E-state index in [1.54, 1.807) is 66.7 Å². The molecule has 172 valence electrons. The van der Waals surface area contributed by atoms with E-state index < -0.39 is 34.5 Å². The van der Waals surface area contributed by atoms with Gasteiger partial charge in [-0.3, -0.25) is 9.59 Å². The maximum atomic E-state index is 12.9. The molecule has 0 heterocycles. The summed E-state index contributed by atoms with van der Waals surface area (Å²) < 4.78 is 37.6. The van der Waals surface area contributed by atoms with Crippen molar-refractivity contribution in [2.45, 2.75) is 17.9 Å². The van der Waals surface area contributed by atoms with Gasteiger partial charge in [0.05, 0.1) is 12.0 Å². The molecule has 0 aromatic heterocycles. The summed E-state index contributed by atoms with van der Waals surface area (Å²) in [6, 6.07) is 21.4. The standard InChI is InChI=1S/C24H24N2O6S/c1-17-11-13-21(14-12-17)33(29,30)25-16-22(27)32-23(18-7-4-3-5-8-18)24(28)26-19-9-6-10-20(15-19)31-2/h3-15,23,25H,16H2,1-2H3,(H,26,28)/t23-/m0/s1.